The fraction of sp³-hybridized carbons (Fsp3) is 0.185. The van der Waals surface area contributed by atoms with Crippen molar-refractivity contribution < 1.29 is 37.0 Å². The van der Waals surface area contributed by atoms with Crippen molar-refractivity contribution in [2.45, 2.75) is 19.6 Å². The number of carbonyl (C=O) groups excluding carboxylic acids is 3. The molecule has 40 heavy (non-hydrogen) atoms. The number of hydrogen-bond acceptors (Lipinski definition) is 6. The highest BCUT2D eigenvalue weighted by Gasteiger charge is 2.30. The van der Waals surface area contributed by atoms with Crippen molar-refractivity contribution in [3.8, 4) is 11.5 Å². The summed E-state index contributed by atoms with van der Waals surface area (Å²) >= 11 is 3.30. The molecule has 3 N–H and O–H groups in total. The summed E-state index contributed by atoms with van der Waals surface area (Å²) in [6.45, 7) is 1.60. The third-order valence-electron chi connectivity index (χ3n) is 5.23. The minimum Gasteiger partial charge on any atom is -0.493 e. The van der Waals surface area contributed by atoms with Crippen molar-refractivity contribution in [1.82, 2.24) is 10.7 Å². The molecule has 3 amide bonds. The van der Waals surface area contributed by atoms with Crippen LogP contribution in [0.2, 0.25) is 0 Å². The highest BCUT2D eigenvalue weighted by Crippen LogP contribution is 2.36. The molecule has 0 bridgehead atoms. The molecule has 0 aliphatic heterocycles. The van der Waals surface area contributed by atoms with Gasteiger partial charge in [0.25, 0.3) is 5.91 Å². The Kier molecular flexibility index (Phi) is 10.3. The van der Waals surface area contributed by atoms with Gasteiger partial charge in [0.1, 0.15) is 0 Å². The van der Waals surface area contributed by atoms with Crippen molar-refractivity contribution >= 4 is 45.6 Å². The Hall–Kier alpha value is -4.39. The van der Waals surface area contributed by atoms with Crippen LogP contribution >= 0.6 is 15.9 Å². The van der Waals surface area contributed by atoms with Crippen LogP contribution in [0.25, 0.3) is 0 Å². The number of benzene rings is 3. The van der Waals surface area contributed by atoms with Crippen LogP contribution in [0.3, 0.4) is 0 Å². The molecular weight excluding hydrogens is 597 g/mol. The average Bonchev–Trinajstić information content (AvgIpc) is 2.91. The van der Waals surface area contributed by atoms with Crippen molar-refractivity contribution in [3.05, 3.63) is 87.4 Å². The van der Waals surface area contributed by atoms with E-state index >= 15 is 0 Å². The lowest BCUT2D eigenvalue weighted by Crippen LogP contribution is -2.37. The van der Waals surface area contributed by atoms with Crippen molar-refractivity contribution in [2.75, 3.05) is 19.0 Å². The van der Waals surface area contributed by atoms with Crippen LogP contribution in [0.4, 0.5) is 18.9 Å². The molecule has 0 aromatic heterocycles. The topological polar surface area (TPSA) is 118 Å². The Morgan fingerprint density at radius 2 is 1.75 bits per heavy atom. The first-order valence-electron chi connectivity index (χ1n) is 11.6. The number of alkyl halides is 3. The summed E-state index contributed by atoms with van der Waals surface area (Å²) in [4.78, 5) is 36.3. The Morgan fingerprint density at radius 1 is 1.02 bits per heavy atom. The van der Waals surface area contributed by atoms with E-state index in [9.17, 15) is 27.6 Å². The van der Waals surface area contributed by atoms with E-state index in [4.69, 9.17) is 9.47 Å². The highest BCUT2D eigenvalue weighted by atomic mass is 79.9. The molecule has 13 heteroatoms. The van der Waals surface area contributed by atoms with E-state index in [1.165, 1.54) is 31.5 Å². The zero-order chi connectivity index (χ0) is 29.3. The Balaban J connectivity index is 1.55. The fourth-order valence-electron chi connectivity index (χ4n) is 3.25. The third-order valence-corrected chi connectivity index (χ3v) is 5.82. The van der Waals surface area contributed by atoms with Gasteiger partial charge in [-0.2, -0.15) is 18.3 Å². The lowest BCUT2D eigenvalue weighted by atomic mass is 10.1. The number of aryl methyl sites for hydroxylation is 1. The molecule has 0 radical (unpaired) electrons. The van der Waals surface area contributed by atoms with Gasteiger partial charge in [0.15, 0.2) is 18.1 Å². The smallest absolute Gasteiger partial charge is 0.416 e. The number of nitrogens with one attached hydrogen (secondary N) is 3. The third kappa shape index (κ3) is 8.83. The van der Waals surface area contributed by atoms with Gasteiger partial charge < -0.3 is 20.1 Å². The predicted molar refractivity (Wildman–Crippen MR) is 145 cm³/mol. The second-order valence-corrected chi connectivity index (χ2v) is 9.17. The van der Waals surface area contributed by atoms with Gasteiger partial charge in [0.05, 0.1) is 23.4 Å². The van der Waals surface area contributed by atoms with E-state index in [-0.39, 0.29) is 23.7 Å². The average molecular weight is 621 g/mol. The molecule has 0 unspecified atom stereocenters. The summed E-state index contributed by atoms with van der Waals surface area (Å²) in [6.07, 6.45) is -3.28. The molecule has 0 spiro atoms. The van der Waals surface area contributed by atoms with Crippen molar-refractivity contribution in [1.29, 1.82) is 0 Å². The number of hydrogen-bond donors (Lipinski definition) is 3. The minimum absolute atomic E-state index is 0.0353. The number of halogens is 4. The number of rotatable bonds is 9. The van der Waals surface area contributed by atoms with Gasteiger partial charge >= 0.3 is 18.0 Å². The first-order chi connectivity index (χ1) is 19.0. The summed E-state index contributed by atoms with van der Waals surface area (Å²) < 4.78 is 49.8. The van der Waals surface area contributed by atoms with Crippen molar-refractivity contribution in [3.63, 3.8) is 0 Å². The first kappa shape index (κ1) is 30.2. The Bertz CT molecular complexity index is 1410. The van der Waals surface area contributed by atoms with Crippen LogP contribution in [-0.2, 0) is 27.1 Å². The summed E-state index contributed by atoms with van der Waals surface area (Å²) in [6, 6.07) is 14.7. The molecular formula is C27H24BrF3N4O5. The zero-order valence-corrected chi connectivity index (χ0v) is 22.9. The number of nitrogens with zero attached hydrogens (tertiary/aromatic N) is 1. The van der Waals surface area contributed by atoms with Gasteiger partial charge in [-0.3, -0.25) is 14.4 Å². The lowest BCUT2D eigenvalue weighted by molar-refractivity contribution is -0.139. The molecule has 3 aromatic rings. The van der Waals surface area contributed by atoms with Gasteiger partial charge in [-0.05, 0) is 64.3 Å². The highest BCUT2D eigenvalue weighted by molar-refractivity contribution is 9.10. The maximum absolute atomic E-state index is 12.9. The maximum atomic E-state index is 12.9. The van der Waals surface area contributed by atoms with E-state index in [0.717, 1.165) is 23.3 Å². The SMILES string of the molecule is COc1cc(/C=N\NC(=O)C(=O)NCc2ccc(C)cc2)cc(Br)c1OCC(=O)Nc1cccc(C(F)(F)F)c1. The summed E-state index contributed by atoms with van der Waals surface area (Å²) in [5.74, 6) is -2.16. The number of amides is 3. The second-order valence-electron chi connectivity index (χ2n) is 8.32. The molecule has 0 aliphatic rings. The standard InChI is InChI=1S/C27H24BrF3N4O5/c1-16-6-8-17(9-7-16)13-32-25(37)26(38)35-33-14-18-10-21(28)24(22(11-18)39-2)40-15-23(36)34-20-5-3-4-19(12-20)27(29,30)31/h3-12,14H,13,15H2,1-2H3,(H,32,37)(H,34,36)(H,35,38)/b33-14-. The molecule has 9 nitrogen and oxygen atoms in total. The molecule has 210 valence electrons. The molecule has 0 saturated heterocycles. The molecule has 3 aromatic carbocycles. The molecule has 3 rings (SSSR count). The van der Waals surface area contributed by atoms with Crippen LogP contribution in [0.1, 0.15) is 22.3 Å². The monoisotopic (exact) mass is 620 g/mol. The predicted octanol–water partition coefficient (Wildman–Crippen LogP) is 4.57. The van der Waals surface area contributed by atoms with Gasteiger partial charge in [-0.25, -0.2) is 5.43 Å². The van der Waals surface area contributed by atoms with Gasteiger partial charge in [-0.15, -0.1) is 0 Å². The maximum Gasteiger partial charge on any atom is 0.416 e. The number of methoxy groups -OCH3 is 1. The first-order valence-corrected chi connectivity index (χ1v) is 12.4. The second kappa shape index (κ2) is 13.6. The molecule has 0 saturated carbocycles. The normalized spacial score (nSPS) is 11.2. The number of hydrazone groups is 1. The Morgan fingerprint density at radius 3 is 2.42 bits per heavy atom. The van der Waals surface area contributed by atoms with Crippen molar-refractivity contribution in [2.24, 2.45) is 5.10 Å². The van der Waals surface area contributed by atoms with Crippen LogP contribution in [-0.4, -0.2) is 37.7 Å². The molecule has 0 fully saturated rings. The van der Waals surface area contributed by atoms with Gasteiger partial charge in [-0.1, -0.05) is 35.9 Å². The van der Waals surface area contributed by atoms with E-state index in [2.05, 4.69) is 37.1 Å². The summed E-state index contributed by atoms with van der Waals surface area (Å²) in [5, 5.41) is 8.62. The zero-order valence-electron chi connectivity index (χ0n) is 21.3. The lowest BCUT2D eigenvalue weighted by Gasteiger charge is -2.14. The molecule has 0 aliphatic carbocycles. The number of anilines is 1. The van der Waals surface area contributed by atoms with E-state index in [1.807, 2.05) is 31.2 Å². The minimum atomic E-state index is -4.54. The molecule has 0 heterocycles. The van der Waals surface area contributed by atoms with E-state index in [1.54, 1.807) is 6.07 Å². The fourth-order valence-corrected chi connectivity index (χ4v) is 3.82. The van der Waals surface area contributed by atoms with Crippen LogP contribution in [0.5, 0.6) is 11.5 Å². The van der Waals surface area contributed by atoms with Crippen LogP contribution < -0.4 is 25.5 Å². The summed E-state index contributed by atoms with van der Waals surface area (Å²) in [7, 11) is 1.36. The van der Waals surface area contributed by atoms with Gasteiger partial charge in [0.2, 0.25) is 0 Å². The van der Waals surface area contributed by atoms with Crippen LogP contribution in [0, 0.1) is 6.92 Å². The Labute approximate surface area is 235 Å². The van der Waals surface area contributed by atoms with E-state index in [0.29, 0.717) is 10.0 Å². The quantitative estimate of drug-likeness (QED) is 0.184. The van der Waals surface area contributed by atoms with E-state index < -0.39 is 36.1 Å². The summed E-state index contributed by atoms with van der Waals surface area (Å²) in [5.41, 5.74) is 3.56. The number of ether oxygens (including phenoxy) is 2. The van der Waals surface area contributed by atoms with Gasteiger partial charge in [0, 0.05) is 12.2 Å². The largest absolute Gasteiger partial charge is 0.493 e. The van der Waals surface area contributed by atoms with Crippen LogP contribution in [0.15, 0.2) is 70.2 Å². The number of carbonyl (C=O) groups is 3. The molecule has 0 atom stereocenters.